The molecule has 9 heteroatoms. The molecule has 4 amide bonds. The van der Waals surface area contributed by atoms with Crippen molar-refractivity contribution >= 4 is 23.8 Å². The molecule has 0 spiro atoms. The van der Waals surface area contributed by atoms with Gasteiger partial charge in [-0.3, -0.25) is 14.4 Å². The first-order valence-electron chi connectivity index (χ1n) is 12.4. The molecule has 0 aromatic heterocycles. The van der Waals surface area contributed by atoms with Crippen molar-refractivity contribution in [3.05, 3.63) is 83.4 Å². The first kappa shape index (κ1) is 30.1. The molecule has 2 aromatic carbocycles. The van der Waals surface area contributed by atoms with E-state index >= 15 is 0 Å². The molecule has 0 saturated carbocycles. The SMILES string of the molecule is C=CCN(C(=O)C(CC(N)=O)NC(=O)OC(C)(C)C)C(C(=O)NCc1ccccc1)c1ccc(C)cc1C. The molecule has 2 rings (SSSR count). The van der Waals surface area contributed by atoms with Crippen LogP contribution in [0.2, 0.25) is 0 Å². The normalized spacial score (nSPS) is 12.6. The van der Waals surface area contributed by atoms with Gasteiger partial charge in [-0.25, -0.2) is 4.79 Å². The van der Waals surface area contributed by atoms with Gasteiger partial charge in [0.1, 0.15) is 17.7 Å². The van der Waals surface area contributed by atoms with Crippen molar-refractivity contribution < 1.29 is 23.9 Å². The molecule has 0 heterocycles. The molecule has 204 valence electrons. The van der Waals surface area contributed by atoms with Crippen LogP contribution in [-0.4, -0.2) is 46.9 Å². The van der Waals surface area contributed by atoms with E-state index in [9.17, 15) is 19.2 Å². The van der Waals surface area contributed by atoms with E-state index < -0.39 is 47.9 Å². The lowest BCUT2D eigenvalue weighted by atomic mass is 9.96. The zero-order chi connectivity index (χ0) is 28.5. The van der Waals surface area contributed by atoms with Gasteiger partial charge in [0.2, 0.25) is 17.7 Å². The Labute approximate surface area is 224 Å². The van der Waals surface area contributed by atoms with Crippen molar-refractivity contribution in [3.63, 3.8) is 0 Å². The summed E-state index contributed by atoms with van der Waals surface area (Å²) in [5.74, 6) is -1.89. The Balaban J connectivity index is 2.49. The minimum absolute atomic E-state index is 0.0270. The molecule has 2 aromatic rings. The molecule has 4 N–H and O–H groups in total. The Hall–Kier alpha value is -4.14. The van der Waals surface area contributed by atoms with Crippen molar-refractivity contribution in [1.29, 1.82) is 0 Å². The van der Waals surface area contributed by atoms with Crippen LogP contribution in [-0.2, 0) is 25.7 Å². The summed E-state index contributed by atoms with van der Waals surface area (Å²) in [5, 5.41) is 5.37. The highest BCUT2D eigenvalue weighted by atomic mass is 16.6. The van der Waals surface area contributed by atoms with Crippen LogP contribution in [0.5, 0.6) is 0 Å². The summed E-state index contributed by atoms with van der Waals surface area (Å²) in [6, 6.07) is 12.5. The number of nitrogens with one attached hydrogen (secondary N) is 2. The maximum absolute atomic E-state index is 13.9. The number of aryl methyl sites for hydroxylation is 2. The Kier molecular flexibility index (Phi) is 10.6. The monoisotopic (exact) mass is 522 g/mol. The highest BCUT2D eigenvalue weighted by Crippen LogP contribution is 2.27. The number of hydrogen-bond acceptors (Lipinski definition) is 5. The lowest BCUT2D eigenvalue weighted by molar-refractivity contribution is -0.142. The number of benzene rings is 2. The number of ether oxygens (including phenoxy) is 1. The number of nitrogens with two attached hydrogens (primary N) is 1. The average molecular weight is 523 g/mol. The van der Waals surface area contributed by atoms with E-state index in [0.29, 0.717) is 5.56 Å². The zero-order valence-corrected chi connectivity index (χ0v) is 22.7. The van der Waals surface area contributed by atoms with Crippen LogP contribution in [0.15, 0.2) is 61.2 Å². The van der Waals surface area contributed by atoms with Crippen LogP contribution in [0.1, 0.15) is 55.5 Å². The Bertz CT molecular complexity index is 1160. The average Bonchev–Trinajstić information content (AvgIpc) is 2.82. The lowest BCUT2D eigenvalue weighted by Gasteiger charge is -2.34. The van der Waals surface area contributed by atoms with Crippen LogP contribution in [0, 0.1) is 13.8 Å². The summed E-state index contributed by atoms with van der Waals surface area (Å²) in [4.78, 5) is 53.2. The summed E-state index contributed by atoms with van der Waals surface area (Å²) in [6.45, 7) is 12.8. The molecule has 2 unspecified atom stereocenters. The predicted octanol–water partition coefficient (Wildman–Crippen LogP) is 3.44. The van der Waals surface area contributed by atoms with Gasteiger partial charge < -0.3 is 26.0 Å². The van der Waals surface area contributed by atoms with Crippen LogP contribution in [0.4, 0.5) is 4.79 Å². The number of nitrogens with zero attached hydrogens (tertiary/aromatic N) is 1. The Morgan fingerprint density at radius 3 is 2.29 bits per heavy atom. The van der Waals surface area contributed by atoms with Gasteiger partial charge in [-0.2, -0.15) is 0 Å². The van der Waals surface area contributed by atoms with E-state index in [1.807, 2.05) is 56.3 Å². The maximum Gasteiger partial charge on any atom is 0.408 e. The largest absolute Gasteiger partial charge is 0.444 e. The van der Waals surface area contributed by atoms with E-state index in [1.165, 1.54) is 11.0 Å². The standard InChI is InChI=1S/C29H38N4O5/c1-7-15-33(27(36)23(17-24(30)34)32-28(37)38-29(4,5)6)25(22-14-13-19(2)16-20(22)3)26(35)31-18-21-11-9-8-10-12-21/h7-14,16,23,25H,1,15,17-18H2,2-6H3,(H2,30,34)(H,31,35)(H,32,37). The minimum atomic E-state index is -1.35. The van der Waals surface area contributed by atoms with Gasteiger partial charge in [-0.15, -0.1) is 6.58 Å². The van der Waals surface area contributed by atoms with Crippen molar-refractivity contribution in [1.82, 2.24) is 15.5 Å². The molecule has 9 nitrogen and oxygen atoms in total. The summed E-state index contributed by atoms with van der Waals surface area (Å²) in [7, 11) is 0. The summed E-state index contributed by atoms with van der Waals surface area (Å²) < 4.78 is 5.28. The van der Waals surface area contributed by atoms with Gasteiger partial charge in [-0.05, 0) is 51.3 Å². The Morgan fingerprint density at radius 2 is 1.74 bits per heavy atom. The van der Waals surface area contributed by atoms with Gasteiger partial charge in [0, 0.05) is 13.1 Å². The third-order valence-corrected chi connectivity index (χ3v) is 5.59. The van der Waals surface area contributed by atoms with Crippen LogP contribution < -0.4 is 16.4 Å². The van der Waals surface area contributed by atoms with Crippen molar-refractivity contribution in [3.8, 4) is 0 Å². The molecular formula is C29H38N4O5. The molecular weight excluding hydrogens is 484 g/mol. The predicted molar refractivity (Wildman–Crippen MR) is 146 cm³/mol. The summed E-state index contributed by atoms with van der Waals surface area (Å²) >= 11 is 0. The summed E-state index contributed by atoms with van der Waals surface area (Å²) in [6.07, 6.45) is 0.122. The number of hydrogen-bond donors (Lipinski definition) is 3. The first-order valence-corrected chi connectivity index (χ1v) is 12.4. The smallest absolute Gasteiger partial charge is 0.408 e. The van der Waals surface area contributed by atoms with Crippen LogP contribution >= 0.6 is 0 Å². The number of alkyl carbamates (subject to hydrolysis) is 1. The quantitative estimate of drug-likeness (QED) is 0.389. The van der Waals surface area contributed by atoms with E-state index in [4.69, 9.17) is 10.5 Å². The molecule has 0 bridgehead atoms. The molecule has 0 aliphatic rings. The van der Waals surface area contributed by atoms with Crippen molar-refractivity contribution in [2.45, 2.75) is 65.3 Å². The fourth-order valence-corrected chi connectivity index (χ4v) is 3.98. The summed E-state index contributed by atoms with van der Waals surface area (Å²) in [5.41, 5.74) is 7.87. The number of primary amides is 1. The molecule has 0 saturated heterocycles. The number of rotatable bonds is 11. The molecule has 0 fully saturated rings. The molecule has 0 aliphatic carbocycles. The molecule has 2 atom stereocenters. The van der Waals surface area contributed by atoms with E-state index in [0.717, 1.165) is 16.7 Å². The van der Waals surface area contributed by atoms with Gasteiger partial charge in [-0.1, -0.05) is 60.2 Å². The number of carbonyl (C=O) groups excluding carboxylic acids is 4. The van der Waals surface area contributed by atoms with E-state index in [1.54, 1.807) is 26.8 Å². The molecule has 38 heavy (non-hydrogen) atoms. The third kappa shape index (κ3) is 9.06. The highest BCUT2D eigenvalue weighted by molar-refractivity contribution is 5.94. The van der Waals surface area contributed by atoms with E-state index in [-0.39, 0.29) is 13.1 Å². The second-order valence-corrected chi connectivity index (χ2v) is 10.1. The fraction of sp³-hybridized carbons (Fsp3) is 0.379. The van der Waals surface area contributed by atoms with Gasteiger partial charge in [0.05, 0.1) is 6.42 Å². The second-order valence-electron chi connectivity index (χ2n) is 10.1. The topological polar surface area (TPSA) is 131 Å². The fourth-order valence-electron chi connectivity index (χ4n) is 3.98. The van der Waals surface area contributed by atoms with Crippen molar-refractivity contribution in [2.75, 3.05) is 6.54 Å². The lowest BCUT2D eigenvalue weighted by Crippen LogP contribution is -2.54. The molecule has 0 radical (unpaired) electrons. The van der Waals surface area contributed by atoms with Crippen LogP contribution in [0.3, 0.4) is 0 Å². The number of amides is 4. The number of carbonyl (C=O) groups is 4. The third-order valence-electron chi connectivity index (χ3n) is 5.59. The first-order chi connectivity index (χ1) is 17.8. The van der Waals surface area contributed by atoms with Gasteiger partial charge in [0.15, 0.2) is 0 Å². The van der Waals surface area contributed by atoms with Gasteiger partial charge >= 0.3 is 6.09 Å². The second kappa shape index (κ2) is 13.4. The van der Waals surface area contributed by atoms with Crippen LogP contribution in [0.25, 0.3) is 0 Å². The zero-order valence-electron chi connectivity index (χ0n) is 22.7. The Morgan fingerprint density at radius 1 is 1.08 bits per heavy atom. The highest BCUT2D eigenvalue weighted by Gasteiger charge is 2.37. The molecule has 0 aliphatic heterocycles. The van der Waals surface area contributed by atoms with Gasteiger partial charge in [0.25, 0.3) is 0 Å². The van der Waals surface area contributed by atoms with E-state index in [2.05, 4.69) is 17.2 Å². The minimum Gasteiger partial charge on any atom is -0.444 e. The maximum atomic E-state index is 13.9. The van der Waals surface area contributed by atoms with Crippen molar-refractivity contribution in [2.24, 2.45) is 5.73 Å².